The molecule has 1 aromatic carbocycles. The van der Waals surface area contributed by atoms with Crippen LogP contribution in [0.1, 0.15) is 26.2 Å². The van der Waals surface area contributed by atoms with Gasteiger partial charge in [0, 0.05) is 49.4 Å². The van der Waals surface area contributed by atoms with E-state index in [9.17, 15) is 0 Å². The SMILES string of the molecule is CCCN1CCC(N2CCN(c3cnc4c(-c5ccnc6ccccc56)cnn4c3)CC2)CC1. The highest BCUT2D eigenvalue weighted by atomic mass is 15.3. The molecule has 2 saturated heterocycles. The number of pyridine rings is 1. The molecule has 176 valence electrons. The van der Waals surface area contributed by atoms with E-state index < -0.39 is 0 Å². The average Bonchev–Trinajstić information content (AvgIpc) is 3.32. The van der Waals surface area contributed by atoms with Gasteiger partial charge in [-0.15, -0.1) is 0 Å². The van der Waals surface area contributed by atoms with Crippen LogP contribution in [0.15, 0.2) is 55.1 Å². The molecule has 0 spiro atoms. The molecule has 0 atom stereocenters. The molecule has 6 rings (SSSR count). The lowest BCUT2D eigenvalue weighted by atomic mass is 10.0. The van der Waals surface area contributed by atoms with Crippen molar-refractivity contribution in [1.82, 2.24) is 29.4 Å². The summed E-state index contributed by atoms with van der Waals surface area (Å²) >= 11 is 0. The Morgan fingerprint density at radius 2 is 1.71 bits per heavy atom. The Morgan fingerprint density at radius 1 is 0.882 bits per heavy atom. The van der Waals surface area contributed by atoms with Crippen molar-refractivity contribution in [1.29, 1.82) is 0 Å². The highest BCUT2D eigenvalue weighted by molar-refractivity contribution is 5.97. The first-order valence-electron chi connectivity index (χ1n) is 12.7. The molecular weight excluding hydrogens is 422 g/mol. The van der Waals surface area contributed by atoms with Crippen LogP contribution in [0.5, 0.6) is 0 Å². The van der Waals surface area contributed by atoms with E-state index in [2.05, 4.69) is 56.1 Å². The maximum absolute atomic E-state index is 4.85. The van der Waals surface area contributed by atoms with Crippen molar-refractivity contribution in [2.75, 3.05) is 50.7 Å². The first-order chi connectivity index (χ1) is 16.8. The van der Waals surface area contributed by atoms with Gasteiger partial charge in [0.2, 0.25) is 0 Å². The predicted octanol–water partition coefficient (Wildman–Crippen LogP) is 3.94. The number of likely N-dealkylation sites (tertiary alicyclic amines) is 1. The van der Waals surface area contributed by atoms with E-state index in [1.54, 1.807) is 0 Å². The fourth-order valence-corrected chi connectivity index (χ4v) is 5.72. The molecule has 7 nitrogen and oxygen atoms in total. The molecule has 0 unspecified atom stereocenters. The summed E-state index contributed by atoms with van der Waals surface area (Å²) in [7, 11) is 0. The van der Waals surface area contributed by atoms with Gasteiger partial charge in [0.25, 0.3) is 0 Å². The van der Waals surface area contributed by atoms with Crippen LogP contribution in [0.25, 0.3) is 27.7 Å². The Morgan fingerprint density at radius 3 is 2.53 bits per heavy atom. The van der Waals surface area contributed by atoms with Crippen molar-refractivity contribution in [3.63, 3.8) is 0 Å². The fraction of sp³-hybridized carbons (Fsp3) is 0.444. The second kappa shape index (κ2) is 9.31. The number of fused-ring (bicyclic) bond motifs is 2. The van der Waals surface area contributed by atoms with Gasteiger partial charge >= 0.3 is 0 Å². The zero-order valence-corrected chi connectivity index (χ0v) is 20.0. The number of aromatic nitrogens is 4. The third-order valence-corrected chi connectivity index (χ3v) is 7.57. The Kier molecular flexibility index (Phi) is 5.89. The highest BCUT2D eigenvalue weighted by Gasteiger charge is 2.27. The van der Waals surface area contributed by atoms with Gasteiger partial charge in [0.1, 0.15) is 0 Å². The molecule has 0 N–H and O–H groups in total. The summed E-state index contributed by atoms with van der Waals surface area (Å²) in [4.78, 5) is 17.1. The number of rotatable bonds is 5. The number of hydrogen-bond donors (Lipinski definition) is 0. The topological polar surface area (TPSA) is 52.8 Å². The Labute approximate surface area is 201 Å². The van der Waals surface area contributed by atoms with Crippen LogP contribution in [0.2, 0.25) is 0 Å². The molecule has 4 aromatic rings. The molecule has 3 aromatic heterocycles. The third-order valence-electron chi connectivity index (χ3n) is 7.57. The molecule has 0 bridgehead atoms. The molecule has 2 aliphatic heterocycles. The second-order valence-electron chi connectivity index (χ2n) is 9.61. The average molecular weight is 456 g/mol. The minimum atomic E-state index is 0.750. The first kappa shape index (κ1) is 21.5. The van der Waals surface area contributed by atoms with E-state index in [-0.39, 0.29) is 0 Å². The van der Waals surface area contributed by atoms with Crippen LogP contribution in [0.3, 0.4) is 0 Å². The van der Waals surface area contributed by atoms with E-state index in [0.29, 0.717) is 0 Å². The van der Waals surface area contributed by atoms with Crippen molar-refractivity contribution < 1.29 is 0 Å². The number of nitrogens with zero attached hydrogens (tertiary/aromatic N) is 7. The van der Waals surface area contributed by atoms with Crippen molar-refractivity contribution in [3.05, 3.63) is 55.1 Å². The molecule has 34 heavy (non-hydrogen) atoms. The zero-order chi connectivity index (χ0) is 22.9. The Hall–Kier alpha value is -3.03. The molecule has 0 aliphatic carbocycles. The summed E-state index contributed by atoms with van der Waals surface area (Å²) in [6, 6.07) is 11.0. The molecular formula is C27H33N7. The minimum Gasteiger partial charge on any atom is -0.366 e. The summed E-state index contributed by atoms with van der Waals surface area (Å²) in [6.07, 6.45) is 11.8. The summed E-state index contributed by atoms with van der Waals surface area (Å²) in [5.41, 5.74) is 5.20. The van der Waals surface area contributed by atoms with Crippen LogP contribution in [0.4, 0.5) is 5.69 Å². The number of hydrogen-bond acceptors (Lipinski definition) is 6. The maximum Gasteiger partial charge on any atom is 0.162 e. The fourth-order valence-electron chi connectivity index (χ4n) is 5.72. The highest BCUT2D eigenvalue weighted by Crippen LogP contribution is 2.30. The van der Waals surface area contributed by atoms with Crippen molar-refractivity contribution in [2.45, 2.75) is 32.2 Å². The molecule has 0 radical (unpaired) electrons. The largest absolute Gasteiger partial charge is 0.366 e. The van der Waals surface area contributed by atoms with E-state index in [1.165, 1.54) is 38.9 Å². The summed E-state index contributed by atoms with van der Waals surface area (Å²) in [5, 5.41) is 5.79. The van der Waals surface area contributed by atoms with Gasteiger partial charge in [-0.3, -0.25) is 9.88 Å². The lowest BCUT2D eigenvalue weighted by Crippen LogP contribution is -2.53. The van der Waals surface area contributed by atoms with Gasteiger partial charge in [0.15, 0.2) is 5.65 Å². The minimum absolute atomic E-state index is 0.750. The zero-order valence-electron chi connectivity index (χ0n) is 20.0. The van der Waals surface area contributed by atoms with Crippen LogP contribution >= 0.6 is 0 Å². The van der Waals surface area contributed by atoms with Crippen molar-refractivity contribution in [3.8, 4) is 11.1 Å². The number of anilines is 1. The molecule has 0 saturated carbocycles. The maximum atomic E-state index is 4.85. The predicted molar refractivity (Wildman–Crippen MR) is 137 cm³/mol. The number of benzene rings is 1. The second-order valence-corrected chi connectivity index (χ2v) is 9.61. The van der Waals surface area contributed by atoms with Gasteiger partial charge in [-0.1, -0.05) is 25.1 Å². The van der Waals surface area contributed by atoms with Gasteiger partial charge in [-0.05, 0) is 56.6 Å². The number of piperazine rings is 1. The van der Waals surface area contributed by atoms with Crippen LogP contribution < -0.4 is 4.90 Å². The van der Waals surface area contributed by atoms with Crippen LogP contribution in [0, 0.1) is 0 Å². The normalized spacial score (nSPS) is 18.8. The summed E-state index contributed by atoms with van der Waals surface area (Å²) in [6.45, 7) is 10.4. The van der Waals surface area contributed by atoms with E-state index >= 15 is 0 Å². The Balaban J connectivity index is 1.16. The number of para-hydroxylation sites is 1. The van der Waals surface area contributed by atoms with E-state index in [4.69, 9.17) is 4.98 Å². The number of piperidine rings is 1. The van der Waals surface area contributed by atoms with Crippen LogP contribution in [-0.2, 0) is 0 Å². The van der Waals surface area contributed by atoms with Gasteiger partial charge in [-0.25, -0.2) is 9.50 Å². The van der Waals surface area contributed by atoms with E-state index in [1.807, 2.05) is 35.2 Å². The quantitative estimate of drug-likeness (QED) is 0.454. The monoisotopic (exact) mass is 455 g/mol. The summed E-state index contributed by atoms with van der Waals surface area (Å²) in [5.74, 6) is 0. The third kappa shape index (κ3) is 4.03. The standard InChI is InChI=1S/C27H33N7/c1-2-11-31-12-8-21(9-13-31)32-14-16-33(17-15-32)22-18-29-27-25(19-30-34(27)20-22)23-7-10-28-26-6-4-3-5-24(23)26/h3-7,10,18-21H,2,8-9,11-17H2,1H3. The van der Waals surface area contributed by atoms with Crippen LogP contribution in [-0.4, -0.2) is 81.2 Å². The van der Waals surface area contributed by atoms with Crippen molar-refractivity contribution >= 4 is 22.2 Å². The van der Waals surface area contributed by atoms with Gasteiger partial charge < -0.3 is 9.80 Å². The lowest BCUT2D eigenvalue weighted by molar-refractivity contribution is 0.103. The molecule has 7 heteroatoms. The van der Waals surface area contributed by atoms with Gasteiger partial charge in [0.05, 0.1) is 29.8 Å². The summed E-state index contributed by atoms with van der Waals surface area (Å²) < 4.78 is 1.93. The molecule has 5 heterocycles. The van der Waals surface area contributed by atoms with Crippen molar-refractivity contribution in [2.24, 2.45) is 0 Å². The first-order valence-corrected chi connectivity index (χ1v) is 12.7. The van der Waals surface area contributed by atoms with E-state index in [0.717, 1.165) is 65.6 Å². The van der Waals surface area contributed by atoms with Gasteiger partial charge in [-0.2, -0.15) is 5.10 Å². The molecule has 0 amide bonds. The smallest absolute Gasteiger partial charge is 0.162 e. The molecule has 2 fully saturated rings. The Bertz CT molecular complexity index is 1260. The molecule has 2 aliphatic rings. The lowest BCUT2D eigenvalue weighted by Gasteiger charge is -2.43.